The summed E-state index contributed by atoms with van der Waals surface area (Å²) in [5.74, 6) is 0.164. The second-order valence-electron chi connectivity index (χ2n) is 12.4. The minimum Gasteiger partial charge on any atom is -0.497 e. The third kappa shape index (κ3) is 11.0. The Kier molecular flexibility index (Phi) is 13.4. The van der Waals surface area contributed by atoms with E-state index < -0.39 is 23.8 Å². The van der Waals surface area contributed by atoms with Crippen LogP contribution < -0.4 is 15.4 Å². The van der Waals surface area contributed by atoms with Crippen LogP contribution >= 0.6 is 0 Å². The number of hydrogen-bond acceptors (Lipinski definition) is 5. The summed E-state index contributed by atoms with van der Waals surface area (Å²) in [7, 11) is 1.59. The van der Waals surface area contributed by atoms with Crippen molar-refractivity contribution in [3.63, 3.8) is 0 Å². The summed E-state index contributed by atoms with van der Waals surface area (Å²) in [6.45, 7) is 15.8. The molecule has 2 unspecified atom stereocenters. The van der Waals surface area contributed by atoms with Crippen molar-refractivity contribution in [2.24, 2.45) is 5.92 Å². The molecule has 2 N–H and O–H groups in total. The lowest BCUT2D eigenvalue weighted by atomic mass is 9.95. The molecule has 0 saturated carbocycles. The quantitative estimate of drug-likeness (QED) is 0.228. The van der Waals surface area contributed by atoms with Gasteiger partial charge in [0, 0.05) is 12.2 Å². The molecule has 232 valence electrons. The molecule has 0 aromatic heterocycles. The van der Waals surface area contributed by atoms with Crippen LogP contribution in [0.5, 0.6) is 5.75 Å². The zero-order valence-electron chi connectivity index (χ0n) is 27.0. The predicted octanol–water partition coefficient (Wildman–Crippen LogP) is 7.34. The van der Waals surface area contributed by atoms with Crippen LogP contribution in [0.2, 0.25) is 0 Å². The zero-order valence-corrected chi connectivity index (χ0v) is 27.0. The highest BCUT2D eigenvalue weighted by Gasteiger charge is 2.37. The number of methoxy groups -OCH3 is 1. The van der Waals surface area contributed by atoms with Gasteiger partial charge in [0.15, 0.2) is 0 Å². The minimum absolute atomic E-state index is 0.114. The highest BCUT2D eigenvalue weighted by molar-refractivity contribution is 5.99. The lowest BCUT2D eigenvalue weighted by Gasteiger charge is -2.35. The Morgan fingerprint density at radius 1 is 0.952 bits per heavy atom. The molecule has 0 aliphatic heterocycles. The third-order valence-corrected chi connectivity index (χ3v) is 6.87. The molecule has 0 fully saturated rings. The van der Waals surface area contributed by atoms with Crippen LogP contribution in [0.3, 0.4) is 0 Å². The number of amides is 3. The van der Waals surface area contributed by atoms with Gasteiger partial charge in [-0.2, -0.15) is 0 Å². The number of nitrogens with one attached hydrogen (secondary N) is 2. The summed E-state index contributed by atoms with van der Waals surface area (Å²) in [4.78, 5) is 43.1. The van der Waals surface area contributed by atoms with E-state index >= 15 is 0 Å². The van der Waals surface area contributed by atoms with Gasteiger partial charge < -0.3 is 25.0 Å². The highest BCUT2D eigenvalue weighted by Crippen LogP contribution is 2.29. The summed E-state index contributed by atoms with van der Waals surface area (Å²) >= 11 is 0. The Morgan fingerprint density at radius 2 is 1.62 bits per heavy atom. The van der Waals surface area contributed by atoms with Crippen molar-refractivity contribution < 1.29 is 23.9 Å². The molecule has 0 bridgehead atoms. The van der Waals surface area contributed by atoms with E-state index in [0.29, 0.717) is 24.4 Å². The number of alkyl carbamates (subject to hydrolysis) is 1. The van der Waals surface area contributed by atoms with Gasteiger partial charge in [-0.3, -0.25) is 9.59 Å². The second-order valence-corrected chi connectivity index (χ2v) is 12.4. The molecule has 0 spiro atoms. The maximum atomic E-state index is 14.4. The predicted molar refractivity (Wildman–Crippen MR) is 169 cm³/mol. The molecular formula is C34H51N3O5. The van der Waals surface area contributed by atoms with Crippen molar-refractivity contribution in [2.75, 3.05) is 19.0 Å². The fourth-order valence-electron chi connectivity index (χ4n) is 4.89. The summed E-state index contributed by atoms with van der Waals surface area (Å²) in [5.41, 5.74) is 2.61. The number of unbranched alkanes of at least 4 members (excludes halogenated alkanes) is 3. The number of benzene rings is 2. The van der Waals surface area contributed by atoms with Gasteiger partial charge in [0.25, 0.3) is 5.91 Å². The van der Waals surface area contributed by atoms with E-state index in [1.165, 1.54) is 0 Å². The number of aryl methyl sites for hydroxylation is 2. The highest BCUT2D eigenvalue weighted by atomic mass is 16.6. The van der Waals surface area contributed by atoms with E-state index in [-0.39, 0.29) is 17.7 Å². The average Bonchev–Trinajstić information content (AvgIpc) is 2.89. The van der Waals surface area contributed by atoms with E-state index in [2.05, 4.69) is 17.6 Å². The first-order valence-electron chi connectivity index (χ1n) is 15.1. The molecule has 3 amide bonds. The molecule has 42 heavy (non-hydrogen) atoms. The first-order chi connectivity index (χ1) is 19.7. The maximum absolute atomic E-state index is 14.4. The van der Waals surface area contributed by atoms with Crippen LogP contribution in [-0.2, 0) is 14.3 Å². The zero-order chi connectivity index (χ0) is 31.4. The topological polar surface area (TPSA) is 97.0 Å². The van der Waals surface area contributed by atoms with E-state index in [4.69, 9.17) is 9.47 Å². The monoisotopic (exact) mass is 581 g/mol. The van der Waals surface area contributed by atoms with Gasteiger partial charge in [0.2, 0.25) is 5.91 Å². The van der Waals surface area contributed by atoms with E-state index in [0.717, 1.165) is 42.4 Å². The number of carbonyl (C=O) groups excluding carboxylic acids is 3. The number of nitrogens with zero attached hydrogens (tertiary/aromatic N) is 1. The summed E-state index contributed by atoms with van der Waals surface area (Å²) in [6.07, 6.45) is 3.48. The molecule has 0 radical (unpaired) electrons. The lowest BCUT2D eigenvalue weighted by Crippen LogP contribution is -2.53. The van der Waals surface area contributed by atoms with Crippen LogP contribution in [0.4, 0.5) is 10.5 Å². The second kappa shape index (κ2) is 16.2. The van der Waals surface area contributed by atoms with Crippen LogP contribution in [0.1, 0.15) is 96.4 Å². The van der Waals surface area contributed by atoms with Gasteiger partial charge in [0.05, 0.1) is 7.11 Å². The molecule has 2 aromatic carbocycles. The van der Waals surface area contributed by atoms with Crippen molar-refractivity contribution in [2.45, 2.75) is 105 Å². The number of hydrogen-bond donors (Lipinski definition) is 2. The fourth-order valence-corrected chi connectivity index (χ4v) is 4.89. The summed E-state index contributed by atoms with van der Waals surface area (Å²) in [5, 5.41) is 5.84. The van der Waals surface area contributed by atoms with E-state index in [9.17, 15) is 14.4 Å². The average molecular weight is 582 g/mol. The first-order valence-corrected chi connectivity index (χ1v) is 15.1. The fraction of sp³-hybridized carbons (Fsp3) is 0.559. The molecule has 2 atom stereocenters. The third-order valence-electron chi connectivity index (χ3n) is 6.87. The Balaban J connectivity index is 2.58. The SMILES string of the molecule is CCCCCCN(C(=O)C(CC(C)C)NC(=O)OC(C)(C)C)C(C(=O)Nc1ccc(OC)cc1)c1ccc(C)cc1C. The Bertz CT molecular complexity index is 1170. The lowest BCUT2D eigenvalue weighted by molar-refractivity contribution is -0.141. The van der Waals surface area contributed by atoms with Gasteiger partial charge in [-0.1, -0.05) is 63.8 Å². The molecule has 0 saturated heterocycles. The molecular weight excluding hydrogens is 530 g/mol. The largest absolute Gasteiger partial charge is 0.497 e. The molecule has 0 aliphatic rings. The van der Waals surface area contributed by atoms with Crippen molar-refractivity contribution in [1.82, 2.24) is 10.2 Å². The Hall–Kier alpha value is -3.55. The normalized spacial score (nSPS) is 12.8. The molecule has 0 heterocycles. The van der Waals surface area contributed by atoms with Gasteiger partial charge >= 0.3 is 6.09 Å². The standard InChI is InChI=1S/C34H51N3O5/c1-10-11-12-13-20-37(32(39)29(21-23(2)3)36-33(40)42-34(6,7)8)30(28-19-14-24(4)22-25(28)5)31(38)35-26-15-17-27(41-9)18-16-26/h14-19,22-23,29-30H,10-13,20-21H2,1-9H3,(H,35,38)(H,36,40). The van der Waals surface area contributed by atoms with Crippen LogP contribution in [0.25, 0.3) is 0 Å². The summed E-state index contributed by atoms with van der Waals surface area (Å²) < 4.78 is 10.8. The molecule has 2 aromatic rings. The van der Waals surface area contributed by atoms with Gasteiger partial charge in [-0.25, -0.2) is 4.79 Å². The molecule has 2 rings (SSSR count). The van der Waals surface area contributed by atoms with Gasteiger partial charge in [-0.05, 0) is 88.8 Å². The van der Waals surface area contributed by atoms with E-state index in [1.807, 2.05) is 45.9 Å². The van der Waals surface area contributed by atoms with Gasteiger partial charge in [0.1, 0.15) is 23.4 Å². The number of carbonyl (C=O) groups is 3. The molecule has 0 aliphatic carbocycles. The van der Waals surface area contributed by atoms with Crippen molar-refractivity contribution >= 4 is 23.6 Å². The number of rotatable bonds is 14. The Labute approximate surface area is 252 Å². The number of ether oxygens (including phenoxy) is 2. The van der Waals surface area contributed by atoms with Crippen LogP contribution in [0, 0.1) is 19.8 Å². The van der Waals surface area contributed by atoms with Crippen molar-refractivity contribution in [3.05, 3.63) is 59.2 Å². The van der Waals surface area contributed by atoms with Crippen LogP contribution in [-0.4, -0.2) is 48.1 Å². The maximum Gasteiger partial charge on any atom is 0.408 e. The van der Waals surface area contributed by atoms with Crippen LogP contribution in [0.15, 0.2) is 42.5 Å². The van der Waals surface area contributed by atoms with Gasteiger partial charge in [-0.15, -0.1) is 0 Å². The molecule has 8 heteroatoms. The summed E-state index contributed by atoms with van der Waals surface area (Å²) in [6, 6.07) is 11.2. The number of anilines is 1. The van der Waals surface area contributed by atoms with E-state index in [1.54, 1.807) is 57.0 Å². The smallest absolute Gasteiger partial charge is 0.408 e. The molecule has 8 nitrogen and oxygen atoms in total. The van der Waals surface area contributed by atoms with Crippen molar-refractivity contribution in [1.29, 1.82) is 0 Å². The van der Waals surface area contributed by atoms with Crippen molar-refractivity contribution in [3.8, 4) is 5.75 Å². The minimum atomic E-state index is -0.906. The Morgan fingerprint density at radius 3 is 2.17 bits per heavy atom. The first kappa shape index (κ1) is 34.7.